The number of nitrogens with zero attached hydrogens (tertiary/aromatic N) is 2. The van der Waals surface area contributed by atoms with Crippen molar-refractivity contribution in [1.29, 1.82) is 0 Å². The van der Waals surface area contributed by atoms with Gasteiger partial charge in [0.15, 0.2) is 11.5 Å². The Hall–Kier alpha value is -2.07. The molecule has 0 saturated heterocycles. The van der Waals surface area contributed by atoms with Gasteiger partial charge in [-0.3, -0.25) is 0 Å². The predicted octanol–water partition coefficient (Wildman–Crippen LogP) is 6.24. The fourth-order valence-electron chi connectivity index (χ4n) is 2.66. The molecular formula is C19H17ClCuN2O2. The normalized spacial score (nSPS) is 11.0. The number of phenols is 2. The number of aromatic hydroxyl groups is 2. The van der Waals surface area contributed by atoms with Crippen LogP contribution >= 0.6 is 11.6 Å². The predicted molar refractivity (Wildman–Crippen MR) is 97.1 cm³/mol. The Morgan fingerprint density at radius 1 is 0.840 bits per heavy atom. The van der Waals surface area contributed by atoms with Crippen molar-refractivity contribution in [3.63, 3.8) is 0 Å². The molecule has 0 unspecified atom stereocenters. The minimum atomic E-state index is -0.125. The number of hydrogen-bond donors (Lipinski definition) is 2. The molecule has 3 aromatic carbocycles. The number of benzene rings is 3. The van der Waals surface area contributed by atoms with Crippen molar-refractivity contribution < 1.29 is 27.3 Å². The van der Waals surface area contributed by atoms with E-state index in [9.17, 15) is 10.2 Å². The van der Waals surface area contributed by atoms with Gasteiger partial charge in [-0.15, -0.1) is 10.2 Å². The van der Waals surface area contributed by atoms with Gasteiger partial charge in [0, 0.05) is 22.5 Å². The Morgan fingerprint density at radius 3 is 2.28 bits per heavy atom. The molecule has 25 heavy (non-hydrogen) atoms. The molecule has 0 aliphatic carbocycles. The molecule has 0 aromatic heterocycles. The van der Waals surface area contributed by atoms with Gasteiger partial charge in [0.2, 0.25) is 0 Å². The number of rotatable bonds is 2. The summed E-state index contributed by atoms with van der Waals surface area (Å²) in [5.41, 5.74) is 3.43. The van der Waals surface area contributed by atoms with Crippen LogP contribution in [0.2, 0.25) is 5.02 Å². The number of phenolic OH excluding ortho intramolecular Hbond substituents is 2. The fourth-order valence-corrected chi connectivity index (χ4v) is 2.92. The third kappa shape index (κ3) is 3.79. The summed E-state index contributed by atoms with van der Waals surface area (Å²) in [6, 6.07) is 11.1. The zero-order valence-electron chi connectivity index (χ0n) is 13.9. The number of halogens is 1. The van der Waals surface area contributed by atoms with Gasteiger partial charge in [0.05, 0.1) is 5.02 Å². The maximum absolute atomic E-state index is 10.5. The summed E-state index contributed by atoms with van der Waals surface area (Å²) in [4.78, 5) is 0. The molecule has 133 valence electrons. The van der Waals surface area contributed by atoms with E-state index in [0.29, 0.717) is 11.1 Å². The summed E-state index contributed by atoms with van der Waals surface area (Å²) in [6.45, 7) is 5.72. The van der Waals surface area contributed by atoms with Crippen molar-refractivity contribution in [3.05, 3.63) is 58.1 Å². The zero-order chi connectivity index (χ0) is 17.4. The van der Waals surface area contributed by atoms with Crippen molar-refractivity contribution in [2.75, 3.05) is 0 Å². The van der Waals surface area contributed by atoms with E-state index in [1.165, 1.54) is 0 Å². The molecule has 2 N–H and O–H groups in total. The molecule has 6 heteroatoms. The SMILES string of the molecule is Cc1cc(Cl)c(O)c(N=Nc2c(C)cc3cc(C)ccc3c2O)c1.[Cu]. The Balaban J connectivity index is 0.00000225. The first-order chi connectivity index (χ1) is 11.4. The first-order valence-corrected chi connectivity index (χ1v) is 7.88. The van der Waals surface area contributed by atoms with Crippen LogP contribution in [0.15, 0.2) is 46.6 Å². The second-order valence-electron chi connectivity index (χ2n) is 5.93. The van der Waals surface area contributed by atoms with E-state index in [1.807, 2.05) is 45.0 Å². The van der Waals surface area contributed by atoms with Gasteiger partial charge < -0.3 is 10.2 Å². The number of fused-ring (bicyclic) bond motifs is 1. The van der Waals surface area contributed by atoms with Crippen LogP contribution in [0.5, 0.6) is 11.5 Å². The first kappa shape index (κ1) is 19.3. The van der Waals surface area contributed by atoms with Gasteiger partial charge in [0.25, 0.3) is 0 Å². The minimum Gasteiger partial charge on any atom is -0.505 e. The van der Waals surface area contributed by atoms with Crippen LogP contribution in [0.4, 0.5) is 11.4 Å². The van der Waals surface area contributed by atoms with Crippen LogP contribution in [0, 0.1) is 20.8 Å². The maximum Gasteiger partial charge on any atom is 0.161 e. The van der Waals surface area contributed by atoms with E-state index in [1.54, 1.807) is 12.1 Å². The largest absolute Gasteiger partial charge is 0.505 e. The van der Waals surface area contributed by atoms with Crippen LogP contribution < -0.4 is 0 Å². The molecule has 1 radical (unpaired) electrons. The second kappa shape index (κ2) is 7.44. The molecule has 0 spiro atoms. The average molecular weight is 404 g/mol. The first-order valence-electron chi connectivity index (χ1n) is 7.50. The number of hydrogen-bond acceptors (Lipinski definition) is 4. The third-order valence-electron chi connectivity index (χ3n) is 3.88. The molecule has 0 aliphatic heterocycles. The van der Waals surface area contributed by atoms with Crippen LogP contribution in [-0.2, 0) is 17.1 Å². The average Bonchev–Trinajstić information content (AvgIpc) is 2.51. The van der Waals surface area contributed by atoms with E-state index in [0.717, 1.165) is 22.1 Å². The topological polar surface area (TPSA) is 65.2 Å². The molecule has 0 heterocycles. The second-order valence-corrected chi connectivity index (χ2v) is 6.34. The van der Waals surface area contributed by atoms with Gasteiger partial charge in [-0.2, -0.15) is 0 Å². The summed E-state index contributed by atoms with van der Waals surface area (Å²) >= 11 is 5.96. The minimum absolute atomic E-state index is 0. The molecule has 0 atom stereocenters. The molecule has 3 aromatic rings. The van der Waals surface area contributed by atoms with Crippen LogP contribution in [0.3, 0.4) is 0 Å². The Kier molecular flexibility index (Phi) is 5.73. The Bertz CT molecular complexity index is 987. The summed E-state index contributed by atoms with van der Waals surface area (Å²) in [7, 11) is 0. The number of azo groups is 1. The van der Waals surface area contributed by atoms with E-state index in [4.69, 9.17) is 11.6 Å². The number of aryl methyl sites for hydroxylation is 3. The van der Waals surface area contributed by atoms with Gasteiger partial charge in [-0.1, -0.05) is 35.4 Å². The smallest absolute Gasteiger partial charge is 0.161 e. The van der Waals surface area contributed by atoms with Crippen molar-refractivity contribution in [2.24, 2.45) is 10.2 Å². The summed E-state index contributed by atoms with van der Waals surface area (Å²) in [6.07, 6.45) is 0. The molecule has 3 rings (SSSR count). The van der Waals surface area contributed by atoms with E-state index in [-0.39, 0.29) is 39.3 Å². The fraction of sp³-hybridized carbons (Fsp3) is 0.158. The molecule has 0 saturated carbocycles. The molecular weight excluding hydrogens is 387 g/mol. The van der Waals surface area contributed by atoms with Crippen LogP contribution in [0.25, 0.3) is 10.8 Å². The zero-order valence-corrected chi connectivity index (χ0v) is 15.6. The van der Waals surface area contributed by atoms with E-state index >= 15 is 0 Å². The van der Waals surface area contributed by atoms with Crippen molar-refractivity contribution >= 4 is 33.7 Å². The van der Waals surface area contributed by atoms with Crippen molar-refractivity contribution in [2.45, 2.75) is 20.8 Å². The van der Waals surface area contributed by atoms with E-state index in [2.05, 4.69) is 10.2 Å². The standard InChI is InChI=1S/C19H17ClN2O2.Cu/c1-10-4-5-14-13(6-10)9-12(3)17(18(14)23)22-21-16-8-11(2)7-15(20)19(16)24;/h4-9,23-24H,1-3H3;. The van der Waals surface area contributed by atoms with Crippen molar-refractivity contribution in [3.8, 4) is 11.5 Å². The van der Waals surface area contributed by atoms with Crippen LogP contribution in [-0.4, -0.2) is 10.2 Å². The molecule has 0 fully saturated rings. The van der Waals surface area contributed by atoms with Gasteiger partial charge in [0.1, 0.15) is 11.4 Å². The summed E-state index contributed by atoms with van der Waals surface area (Å²) in [5, 5.41) is 30.6. The van der Waals surface area contributed by atoms with Gasteiger partial charge in [-0.05, 0) is 55.5 Å². The van der Waals surface area contributed by atoms with Gasteiger partial charge >= 0.3 is 0 Å². The maximum atomic E-state index is 10.5. The quantitative estimate of drug-likeness (QED) is 0.392. The molecule has 0 aliphatic rings. The Morgan fingerprint density at radius 2 is 1.56 bits per heavy atom. The van der Waals surface area contributed by atoms with Crippen LogP contribution in [0.1, 0.15) is 16.7 Å². The molecule has 4 nitrogen and oxygen atoms in total. The monoisotopic (exact) mass is 403 g/mol. The molecule has 0 amide bonds. The third-order valence-corrected chi connectivity index (χ3v) is 4.17. The Labute approximate surface area is 161 Å². The van der Waals surface area contributed by atoms with Crippen molar-refractivity contribution in [1.82, 2.24) is 0 Å². The summed E-state index contributed by atoms with van der Waals surface area (Å²) in [5.74, 6) is -0.0495. The van der Waals surface area contributed by atoms with E-state index < -0.39 is 0 Å². The van der Waals surface area contributed by atoms with Gasteiger partial charge in [-0.25, -0.2) is 0 Å². The summed E-state index contributed by atoms with van der Waals surface area (Å²) < 4.78 is 0. The molecule has 0 bridgehead atoms.